The minimum absolute atomic E-state index is 0.193. The van der Waals surface area contributed by atoms with E-state index < -0.39 is 0 Å². The van der Waals surface area contributed by atoms with Crippen molar-refractivity contribution in [2.75, 3.05) is 6.61 Å². The molecule has 138 valence electrons. The summed E-state index contributed by atoms with van der Waals surface area (Å²) in [7, 11) is 0. The van der Waals surface area contributed by atoms with Crippen molar-refractivity contribution < 1.29 is 15.3 Å². The van der Waals surface area contributed by atoms with E-state index in [1.165, 1.54) is 16.7 Å². The molecule has 0 heterocycles. The maximum Gasteiger partial charge on any atom is 0.123 e. The molecule has 0 bridgehead atoms. The first kappa shape index (κ1) is 19.6. The van der Waals surface area contributed by atoms with Crippen LogP contribution in [0, 0.1) is 5.92 Å². The summed E-state index contributed by atoms with van der Waals surface area (Å²) in [6.07, 6.45) is 8.64. The molecule has 0 aliphatic heterocycles. The van der Waals surface area contributed by atoms with Gasteiger partial charge >= 0.3 is 0 Å². The second-order valence-electron chi connectivity index (χ2n) is 7.34. The van der Waals surface area contributed by atoms with Gasteiger partial charge in [0.05, 0.1) is 0 Å². The lowest BCUT2D eigenvalue weighted by molar-refractivity contribution is 0.318. The molecule has 3 rings (SSSR count). The van der Waals surface area contributed by atoms with E-state index in [0.717, 1.165) is 49.7 Å². The molecule has 1 aromatic carbocycles. The molecule has 3 N–H and O–H groups in total. The van der Waals surface area contributed by atoms with Crippen LogP contribution in [0.1, 0.15) is 69.1 Å². The van der Waals surface area contributed by atoms with Gasteiger partial charge < -0.3 is 15.3 Å². The van der Waals surface area contributed by atoms with Crippen molar-refractivity contribution in [2.24, 2.45) is 5.92 Å². The predicted molar refractivity (Wildman–Crippen MR) is 103 cm³/mol. The Morgan fingerprint density at radius 1 is 1.12 bits per heavy atom. The van der Waals surface area contributed by atoms with Crippen LogP contribution in [0.25, 0.3) is 0 Å². The Morgan fingerprint density at radius 2 is 1.72 bits per heavy atom. The number of phenolic OH excluding ortho intramolecular Hbond substituents is 2. The molecule has 3 heteroatoms. The van der Waals surface area contributed by atoms with Gasteiger partial charge in [-0.05, 0) is 76.3 Å². The Hall–Kier alpha value is -1.74. The van der Waals surface area contributed by atoms with Crippen LogP contribution in [0.2, 0.25) is 0 Å². The zero-order valence-corrected chi connectivity index (χ0v) is 15.8. The lowest BCUT2D eigenvalue weighted by Gasteiger charge is -2.34. The number of benzene rings is 1. The highest BCUT2D eigenvalue weighted by Crippen LogP contribution is 2.47. The monoisotopic (exact) mass is 344 g/mol. The molecule has 0 radical (unpaired) electrons. The van der Waals surface area contributed by atoms with E-state index in [-0.39, 0.29) is 24.0 Å². The van der Waals surface area contributed by atoms with Gasteiger partial charge in [0.15, 0.2) is 0 Å². The van der Waals surface area contributed by atoms with Gasteiger partial charge in [0, 0.05) is 24.2 Å². The average molecular weight is 344 g/mol. The van der Waals surface area contributed by atoms with Crippen molar-refractivity contribution in [3.05, 3.63) is 46.6 Å². The van der Waals surface area contributed by atoms with Gasteiger partial charge in [0.2, 0.25) is 0 Å². The Balaban J connectivity index is 0.000000701. The first-order valence-electron chi connectivity index (χ1n) is 9.40. The van der Waals surface area contributed by atoms with Crippen LogP contribution in [-0.2, 0) is 12.8 Å². The number of rotatable bonds is 2. The third-order valence-electron chi connectivity index (χ3n) is 5.37. The van der Waals surface area contributed by atoms with Gasteiger partial charge in [-0.25, -0.2) is 0 Å². The fourth-order valence-electron chi connectivity index (χ4n) is 4.21. The van der Waals surface area contributed by atoms with Crippen LogP contribution in [0.3, 0.4) is 0 Å². The molecule has 0 spiro atoms. The topological polar surface area (TPSA) is 60.7 Å². The van der Waals surface area contributed by atoms with Crippen LogP contribution < -0.4 is 0 Å². The van der Waals surface area contributed by atoms with E-state index in [2.05, 4.69) is 26.5 Å². The van der Waals surface area contributed by atoms with Crippen LogP contribution in [0.15, 0.2) is 29.9 Å². The minimum Gasteiger partial charge on any atom is -0.508 e. The van der Waals surface area contributed by atoms with E-state index in [1.54, 1.807) is 13.0 Å². The number of phenols is 2. The van der Waals surface area contributed by atoms with E-state index in [4.69, 9.17) is 5.11 Å². The molecule has 2 atom stereocenters. The van der Waals surface area contributed by atoms with E-state index in [0.29, 0.717) is 5.92 Å². The van der Waals surface area contributed by atoms with Crippen molar-refractivity contribution in [1.29, 1.82) is 0 Å². The highest BCUT2D eigenvalue weighted by molar-refractivity contribution is 5.56. The Morgan fingerprint density at radius 3 is 2.32 bits per heavy atom. The van der Waals surface area contributed by atoms with Gasteiger partial charge in [0.25, 0.3) is 0 Å². The van der Waals surface area contributed by atoms with Gasteiger partial charge in [-0.15, -0.1) is 0 Å². The number of aromatic hydroxyl groups is 2. The molecule has 0 saturated carbocycles. The smallest absolute Gasteiger partial charge is 0.123 e. The highest BCUT2D eigenvalue weighted by Gasteiger charge is 2.31. The van der Waals surface area contributed by atoms with Crippen molar-refractivity contribution in [3.8, 4) is 11.5 Å². The summed E-state index contributed by atoms with van der Waals surface area (Å²) in [5.74, 6) is 1.09. The van der Waals surface area contributed by atoms with Crippen molar-refractivity contribution in [3.63, 3.8) is 0 Å². The SMILES string of the molecule is C=C(C)C1CCC(C)=CC1c1c(O)cc(O)c2c1CCCC2.CCO. The average Bonchev–Trinajstić information content (AvgIpc) is 2.55. The number of hydrogen-bond acceptors (Lipinski definition) is 3. The number of aliphatic hydroxyl groups is 1. The van der Waals surface area contributed by atoms with Gasteiger partial charge in [-0.3, -0.25) is 0 Å². The van der Waals surface area contributed by atoms with Gasteiger partial charge in [-0.1, -0.05) is 23.8 Å². The van der Waals surface area contributed by atoms with Crippen molar-refractivity contribution in [2.45, 2.75) is 65.2 Å². The number of aliphatic hydroxyl groups excluding tert-OH is 1. The Bertz CT molecular complexity index is 658. The second-order valence-corrected chi connectivity index (χ2v) is 7.34. The van der Waals surface area contributed by atoms with Crippen molar-refractivity contribution >= 4 is 0 Å². The first-order valence-corrected chi connectivity index (χ1v) is 9.40. The third-order valence-corrected chi connectivity index (χ3v) is 5.37. The summed E-state index contributed by atoms with van der Waals surface area (Å²) in [6, 6.07) is 1.55. The molecule has 0 amide bonds. The molecule has 2 aliphatic carbocycles. The van der Waals surface area contributed by atoms with Crippen LogP contribution in [0.5, 0.6) is 11.5 Å². The molecule has 2 unspecified atom stereocenters. The normalized spacial score (nSPS) is 22.3. The predicted octanol–water partition coefficient (Wildman–Crippen LogP) is 4.99. The molecule has 2 aliphatic rings. The molecule has 25 heavy (non-hydrogen) atoms. The highest BCUT2D eigenvalue weighted by atomic mass is 16.3. The van der Waals surface area contributed by atoms with Gasteiger partial charge in [-0.2, -0.15) is 0 Å². The maximum atomic E-state index is 10.6. The Labute approximate surface area is 151 Å². The van der Waals surface area contributed by atoms with Gasteiger partial charge in [0.1, 0.15) is 11.5 Å². The summed E-state index contributed by atoms with van der Waals surface area (Å²) >= 11 is 0. The lowest BCUT2D eigenvalue weighted by Crippen LogP contribution is -2.20. The van der Waals surface area contributed by atoms with Crippen LogP contribution in [0.4, 0.5) is 0 Å². The first-order chi connectivity index (χ1) is 11.9. The third kappa shape index (κ3) is 4.27. The summed E-state index contributed by atoms with van der Waals surface area (Å²) in [4.78, 5) is 0. The number of fused-ring (bicyclic) bond motifs is 1. The largest absolute Gasteiger partial charge is 0.508 e. The fourth-order valence-corrected chi connectivity index (χ4v) is 4.21. The summed E-state index contributed by atoms with van der Waals surface area (Å²) in [5.41, 5.74) is 5.85. The zero-order chi connectivity index (χ0) is 18.6. The molecule has 0 saturated heterocycles. The second kappa shape index (κ2) is 8.57. The van der Waals surface area contributed by atoms with Crippen LogP contribution in [-0.4, -0.2) is 21.9 Å². The van der Waals surface area contributed by atoms with Crippen LogP contribution >= 0.6 is 0 Å². The molecule has 0 aromatic heterocycles. The number of hydrogen-bond donors (Lipinski definition) is 3. The van der Waals surface area contributed by atoms with E-state index in [1.807, 2.05) is 0 Å². The minimum atomic E-state index is 0.193. The lowest BCUT2D eigenvalue weighted by atomic mass is 9.71. The molecule has 3 nitrogen and oxygen atoms in total. The molecule has 0 fully saturated rings. The standard InChI is InChI=1S/C20H26O2.C2H6O/c1-12(2)14-9-8-13(3)10-17(14)20-16-7-5-4-6-15(16)18(21)11-19(20)22;1-2-3/h10-11,14,17,21-22H,1,4-9H2,2-3H3;3H,2H2,1H3. The quantitative estimate of drug-likeness (QED) is 0.662. The van der Waals surface area contributed by atoms with E-state index in [9.17, 15) is 10.2 Å². The van der Waals surface area contributed by atoms with E-state index >= 15 is 0 Å². The fraction of sp³-hybridized carbons (Fsp3) is 0.545. The van der Waals surface area contributed by atoms with Crippen molar-refractivity contribution in [1.82, 2.24) is 0 Å². The summed E-state index contributed by atoms with van der Waals surface area (Å²) in [5, 5.41) is 28.3. The number of allylic oxidation sites excluding steroid dienone is 3. The Kier molecular flexibility index (Phi) is 6.71. The molecule has 1 aromatic rings. The molecular formula is C22H32O3. The summed E-state index contributed by atoms with van der Waals surface area (Å²) < 4.78 is 0. The molecular weight excluding hydrogens is 312 g/mol. The maximum absolute atomic E-state index is 10.6. The zero-order valence-electron chi connectivity index (χ0n) is 15.8. The summed E-state index contributed by atoms with van der Waals surface area (Å²) in [6.45, 7) is 10.4.